The van der Waals surface area contributed by atoms with Gasteiger partial charge in [0.1, 0.15) is 30.2 Å². The van der Waals surface area contributed by atoms with Crippen LogP contribution in [0.5, 0.6) is 0 Å². The number of carboxylic acids is 1. The Labute approximate surface area is 387 Å². The topological polar surface area (TPSA) is 289 Å². The molecule has 0 saturated carbocycles. The fraction of sp³-hybridized carbons (Fsp3) is 0.574. The molecule has 65 heavy (non-hydrogen) atoms. The molecular weight excluding hydrogens is 855 g/mol. The SMILES string of the molecule is CSCC[C@H](NC(=O)[C@@H](NC(=O)CCCCCCCCCCCCCCC(=O)N[C@@H](CC(N)=O)C(=O)N[C@@H](Cc1ccccc1)C(=O)O)[C@H](C)O)C(=O)N[C@@H](Cc1ccccc1)C(N)=O. The van der Waals surface area contributed by atoms with E-state index >= 15 is 0 Å². The third kappa shape index (κ3) is 24.4. The molecule has 0 heterocycles. The molecule has 0 spiro atoms. The van der Waals surface area contributed by atoms with Crippen LogP contribution < -0.4 is 38.1 Å². The number of nitrogens with one attached hydrogen (secondary N) is 5. The van der Waals surface area contributed by atoms with Gasteiger partial charge in [-0.25, -0.2) is 4.79 Å². The maximum absolute atomic E-state index is 13.3. The van der Waals surface area contributed by atoms with Crippen molar-refractivity contribution in [2.24, 2.45) is 11.5 Å². The highest BCUT2D eigenvalue weighted by Gasteiger charge is 2.32. The van der Waals surface area contributed by atoms with Crippen molar-refractivity contribution in [2.45, 2.75) is 159 Å². The number of carbonyl (C=O) groups excluding carboxylic acids is 7. The van der Waals surface area contributed by atoms with Gasteiger partial charge in [0.05, 0.1) is 12.5 Å². The lowest BCUT2D eigenvalue weighted by molar-refractivity contribution is -0.142. The first-order chi connectivity index (χ1) is 31.1. The lowest BCUT2D eigenvalue weighted by atomic mass is 10.0. The number of benzene rings is 2. The number of carbonyl (C=O) groups is 8. The predicted octanol–water partition coefficient (Wildman–Crippen LogP) is 2.94. The van der Waals surface area contributed by atoms with Crippen LogP contribution in [-0.4, -0.2) is 106 Å². The van der Waals surface area contributed by atoms with Crippen molar-refractivity contribution in [3.8, 4) is 0 Å². The van der Waals surface area contributed by atoms with Gasteiger partial charge in [0.2, 0.25) is 41.4 Å². The van der Waals surface area contributed by atoms with Crippen LogP contribution in [0.3, 0.4) is 0 Å². The molecule has 0 bridgehead atoms. The van der Waals surface area contributed by atoms with Crippen molar-refractivity contribution < 1.29 is 48.6 Å². The van der Waals surface area contributed by atoms with Crippen molar-refractivity contribution in [2.75, 3.05) is 12.0 Å². The Morgan fingerprint density at radius 3 is 1.40 bits per heavy atom. The number of aliphatic carboxylic acids is 1. The number of hydrogen-bond acceptors (Lipinski definition) is 10. The molecule has 18 heteroatoms. The quantitative estimate of drug-likeness (QED) is 0.0453. The van der Waals surface area contributed by atoms with Crippen LogP contribution in [0.2, 0.25) is 0 Å². The van der Waals surface area contributed by atoms with Crippen LogP contribution in [0.25, 0.3) is 0 Å². The molecule has 0 radical (unpaired) electrons. The van der Waals surface area contributed by atoms with Crippen molar-refractivity contribution in [1.82, 2.24) is 26.6 Å². The summed E-state index contributed by atoms with van der Waals surface area (Å²) in [7, 11) is 0. The fourth-order valence-corrected chi connectivity index (χ4v) is 7.57. The second-order valence-electron chi connectivity index (χ2n) is 16.4. The molecule has 7 amide bonds. The summed E-state index contributed by atoms with van der Waals surface area (Å²) in [4.78, 5) is 100. The van der Waals surface area contributed by atoms with E-state index in [2.05, 4.69) is 26.6 Å². The van der Waals surface area contributed by atoms with E-state index in [1.165, 1.54) is 18.7 Å². The van der Waals surface area contributed by atoms with Gasteiger partial charge in [0, 0.05) is 25.7 Å². The summed E-state index contributed by atoms with van der Waals surface area (Å²) >= 11 is 1.48. The summed E-state index contributed by atoms with van der Waals surface area (Å²) in [6, 6.07) is 12.0. The smallest absolute Gasteiger partial charge is 0.326 e. The van der Waals surface area contributed by atoms with Crippen molar-refractivity contribution >= 4 is 59.1 Å². The molecule has 17 nitrogen and oxygen atoms in total. The largest absolute Gasteiger partial charge is 0.480 e. The molecule has 0 fully saturated rings. The number of aliphatic hydroxyl groups is 1. The number of carboxylic acid groups (broad SMARTS) is 1. The van der Waals surface area contributed by atoms with Gasteiger partial charge in [-0.1, -0.05) is 125 Å². The second kappa shape index (κ2) is 32.2. The van der Waals surface area contributed by atoms with Gasteiger partial charge in [0.25, 0.3) is 0 Å². The van der Waals surface area contributed by atoms with Crippen LogP contribution in [0, 0.1) is 0 Å². The van der Waals surface area contributed by atoms with Crippen molar-refractivity contribution in [3.05, 3.63) is 71.8 Å². The number of rotatable bonds is 35. The van der Waals surface area contributed by atoms with Crippen LogP contribution in [0.4, 0.5) is 0 Å². The minimum Gasteiger partial charge on any atom is -0.480 e. The third-order valence-corrected chi connectivity index (χ3v) is 11.4. The maximum Gasteiger partial charge on any atom is 0.326 e. The van der Waals surface area contributed by atoms with Crippen molar-refractivity contribution in [3.63, 3.8) is 0 Å². The standard InChI is InChI=1S/C47H71N7O10S/c1-32(55)42(46(62)51-35(27-28-65-2)44(60)52-36(43(49)59)29-33-21-15-13-16-22-33)54-41(58)26-20-12-10-8-6-4-3-5-7-9-11-19-25-40(57)50-37(31-39(48)56)45(61)53-38(47(63)64)30-34-23-17-14-18-24-34/h13-18,21-24,32,35-38,42,55H,3-12,19-20,25-31H2,1-2H3,(H2,48,56)(H2,49,59)(H,50,57)(H,51,62)(H,52,60)(H,53,61)(H,54,58)(H,63,64)/t32-,35-,36-,37-,38-,42-/m0/s1. The zero-order chi connectivity index (χ0) is 48.0. The summed E-state index contributed by atoms with van der Waals surface area (Å²) in [5, 5.41) is 32.9. The van der Waals surface area contributed by atoms with E-state index in [-0.39, 0.29) is 38.0 Å². The van der Waals surface area contributed by atoms with Crippen LogP contribution in [0.15, 0.2) is 60.7 Å². The molecule has 360 valence electrons. The normalized spacial score (nSPS) is 13.8. The number of hydrogen-bond donors (Lipinski definition) is 9. The predicted molar refractivity (Wildman–Crippen MR) is 250 cm³/mol. The molecule has 0 aromatic heterocycles. The average molecular weight is 926 g/mol. The van der Waals surface area contributed by atoms with Crippen molar-refractivity contribution in [1.29, 1.82) is 0 Å². The average Bonchev–Trinajstić information content (AvgIpc) is 3.26. The van der Waals surface area contributed by atoms with E-state index < -0.39 is 84.1 Å². The van der Waals surface area contributed by atoms with E-state index in [1.807, 2.05) is 36.6 Å². The Hall–Kier alpha value is -5.49. The van der Waals surface area contributed by atoms with E-state index in [0.717, 1.165) is 69.8 Å². The Morgan fingerprint density at radius 2 is 0.969 bits per heavy atom. The zero-order valence-electron chi connectivity index (χ0n) is 37.9. The lowest BCUT2D eigenvalue weighted by Gasteiger charge is -2.26. The minimum atomic E-state index is -1.28. The molecule has 0 aliphatic carbocycles. The van der Waals surface area contributed by atoms with Gasteiger partial charge in [0.15, 0.2) is 0 Å². The number of unbranched alkanes of at least 4 members (excludes halogenated alkanes) is 11. The van der Waals surface area contributed by atoms with E-state index in [0.29, 0.717) is 24.2 Å². The summed E-state index contributed by atoms with van der Waals surface area (Å²) in [6.45, 7) is 1.39. The molecule has 0 unspecified atom stereocenters. The Bertz CT molecular complexity index is 1790. The molecule has 0 aliphatic heterocycles. The Kier molecular flexibility index (Phi) is 27.6. The number of amides is 7. The molecule has 0 aliphatic rings. The van der Waals surface area contributed by atoms with Gasteiger partial charge in [-0.3, -0.25) is 33.6 Å². The lowest BCUT2D eigenvalue weighted by Crippen LogP contribution is -2.58. The number of primary amides is 2. The first-order valence-electron chi connectivity index (χ1n) is 22.7. The summed E-state index contributed by atoms with van der Waals surface area (Å²) < 4.78 is 0. The zero-order valence-corrected chi connectivity index (χ0v) is 38.7. The van der Waals surface area contributed by atoms with Crippen LogP contribution >= 0.6 is 11.8 Å². The van der Waals surface area contributed by atoms with E-state index in [1.54, 1.807) is 30.3 Å². The van der Waals surface area contributed by atoms with Gasteiger partial charge in [-0.05, 0) is 49.3 Å². The van der Waals surface area contributed by atoms with Gasteiger partial charge < -0.3 is 48.3 Å². The third-order valence-electron chi connectivity index (χ3n) is 10.8. The van der Waals surface area contributed by atoms with Gasteiger partial charge >= 0.3 is 5.97 Å². The molecule has 11 N–H and O–H groups in total. The first-order valence-corrected chi connectivity index (χ1v) is 24.1. The molecule has 2 rings (SSSR count). The number of thioether (sulfide) groups is 1. The highest BCUT2D eigenvalue weighted by molar-refractivity contribution is 7.98. The van der Waals surface area contributed by atoms with Gasteiger partial charge in [-0.2, -0.15) is 11.8 Å². The summed E-state index contributed by atoms with van der Waals surface area (Å²) in [5.74, 6) is -5.11. The molecule has 0 saturated heterocycles. The van der Waals surface area contributed by atoms with E-state index in [4.69, 9.17) is 11.5 Å². The molecule has 2 aromatic carbocycles. The van der Waals surface area contributed by atoms with Crippen LogP contribution in [-0.2, 0) is 51.2 Å². The second-order valence-corrected chi connectivity index (χ2v) is 17.4. The highest BCUT2D eigenvalue weighted by Crippen LogP contribution is 2.14. The maximum atomic E-state index is 13.3. The van der Waals surface area contributed by atoms with Gasteiger partial charge in [-0.15, -0.1) is 0 Å². The monoisotopic (exact) mass is 925 g/mol. The fourth-order valence-electron chi connectivity index (χ4n) is 7.10. The summed E-state index contributed by atoms with van der Waals surface area (Å²) in [6.07, 6.45) is 12.1. The summed E-state index contributed by atoms with van der Waals surface area (Å²) in [5.41, 5.74) is 12.4. The molecular formula is C47H71N7O10S. The number of aliphatic hydroxyl groups excluding tert-OH is 1. The van der Waals surface area contributed by atoms with Crippen LogP contribution in [0.1, 0.15) is 121 Å². The minimum absolute atomic E-state index is 0.0344. The van der Waals surface area contributed by atoms with E-state index in [9.17, 15) is 48.6 Å². The first kappa shape index (κ1) is 55.6. The molecule has 6 atom stereocenters. The number of nitrogens with two attached hydrogens (primary N) is 2. The Morgan fingerprint density at radius 1 is 0.554 bits per heavy atom. The highest BCUT2D eigenvalue weighted by atomic mass is 32.2. The molecule has 2 aromatic rings. The Balaban J connectivity index is 1.61.